The highest BCUT2D eigenvalue weighted by Crippen LogP contribution is 2.25. The Balaban J connectivity index is 1.53. The molecule has 0 atom stereocenters. The third-order valence-electron chi connectivity index (χ3n) is 4.26. The zero-order chi connectivity index (χ0) is 20.8. The van der Waals surface area contributed by atoms with Gasteiger partial charge in [-0.2, -0.15) is 0 Å². The third kappa shape index (κ3) is 4.90. The lowest BCUT2D eigenvalue weighted by molar-refractivity contribution is -0.113. The van der Waals surface area contributed by atoms with Crippen LogP contribution in [0.25, 0.3) is 11.4 Å². The van der Waals surface area contributed by atoms with E-state index < -0.39 is 5.82 Å². The van der Waals surface area contributed by atoms with Gasteiger partial charge >= 0.3 is 0 Å². The number of carbonyl (C=O) groups excluding carboxylic acids is 1. The summed E-state index contributed by atoms with van der Waals surface area (Å²) in [4.78, 5) is 16.5. The van der Waals surface area contributed by atoms with Crippen LogP contribution in [0, 0.1) is 5.82 Å². The molecule has 0 aliphatic heterocycles. The van der Waals surface area contributed by atoms with Crippen LogP contribution in [-0.4, -0.2) is 31.4 Å². The fourth-order valence-corrected chi connectivity index (χ4v) is 3.64. The van der Waals surface area contributed by atoms with Gasteiger partial charge in [-0.1, -0.05) is 48.2 Å². The van der Waals surface area contributed by atoms with Gasteiger partial charge in [0.1, 0.15) is 5.82 Å². The van der Waals surface area contributed by atoms with E-state index in [2.05, 4.69) is 20.5 Å². The van der Waals surface area contributed by atoms with Crippen molar-refractivity contribution in [3.05, 3.63) is 90.5 Å². The molecular weight excluding hydrogens is 401 g/mol. The van der Waals surface area contributed by atoms with Crippen LogP contribution in [-0.2, 0) is 11.3 Å². The Morgan fingerprint density at radius 1 is 1.03 bits per heavy atom. The summed E-state index contributed by atoms with van der Waals surface area (Å²) in [6, 6.07) is 19.5. The van der Waals surface area contributed by atoms with E-state index in [0.29, 0.717) is 23.2 Å². The summed E-state index contributed by atoms with van der Waals surface area (Å²) >= 11 is 1.28. The van der Waals surface area contributed by atoms with Crippen LogP contribution < -0.4 is 5.32 Å². The van der Waals surface area contributed by atoms with E-state index in [0.717, 1.165) is 11.1 Å². The monoisotopic (exact) mass is 419 g/mol. The molecule has 8 heteroatoms. The Kier molecular flexibility index (Phi) is 6.14. The van der Waals surface area contributed by atoms with Gasteiger partial charge in [0.05, 0.1) is 12.3 Å². The average Bonchev–Trinajstić information content (AvgIpc) is 3.16. The minimum absolute atomic E-state index is 0.122. The highest BCUT2D eigenvalue weighted by Gasteiger charge is 2.16. The maximum Gasteiger partial charge on any atom is 0.234 e. The van der Waals surface area contributed by atoms with E-state index in [4.69, 9.17) is 0 Å². The van der Waals surface area contributed by atoms with Crippen LogP contribution in [0.2, 0.25) is 0 Å². The number of rotatable bonds is 7. The Morgan fingerprint density at radius 3 is 2.67 bits per heavy atom. The molecule has 2 aromatic carbocycles. The Hall–Kier alpha value is -3.52. The first kappa shape index (κ1) is 19.8. The van der Waals surface area contributed by atoms with Gasteiger partial charge < -0.3 is 5.32 Å². The summed E-state index contributed by atoms with van der Waals surface area (Å²) in [5.41, 5.74) is 2.35. The van der Waals surface area contributed by atoms with Crippen molar-refractivity contribution in [1.29, 1.82) is 0 Å². The SMILES string of the molecule is O=C(CSc1nnc(-c2cccnc2)n1Cc1ccccc1)Nc1cccc(F)c1. The molecule has 1 N–H and O–H groups in total. The van der Waals surface area contributed by atoms with E-state index in [9.17, 15) is 9.18 Å². The maximum atomic E-state index is 13.3. The topological polar surface area (TPSA) is 72.7 Å². The summed E-state index contributed by atoms with van der Waals surface area (Å²) in [5, 5.41) is 11.9. The highest BCUT2D eigenvalue weighted by atomic mass is 32.2. The van der Waals surface area contributed by atoms with Crippen LogP contribution in [0.5, 0.6) is 0 Å². The highest BCUT2D eigenvalue weighted by molar-refractivity contribution is 7.99. The number of amides is 1. The standard InChI is InChI=1S/C22H18FN5OS/c23-18-9-4-10-19(12-18)25-20(29)15-30-22-27-26-21(17-8-5-11-24-13-17)28(22)14-16-6-2-1-3-7-16/h1-13H,14-15H2,(H,25,29). The number of benzene rings is 2. The Morgan fingerprint density at radius 2 is 1.90 bits per heavy atom. The summed E-state index contributed by atoms with van der Waals surface area (Å²) in [6.07, 6.45) is 3.43. The first-order chi connectivity index (χ1) is 14.7. The summed E-state index contributed by atoms with van der Waals surface area (Å²) in [7, 11) is 0. The molecule has 6 nitrogen and oxygen atoms in total. The number of aromatic nitrogens is 4. The molecule has 0 aliphatic carbocycles. The minimum atomic E-state index is -0.399. The smallest absolute Gasteiger partial charge is 0.234 e. The molecule has 4 rings (SSSR count). The Labute approximate surface area is 177 Å². The number of hydrogen-bond donors (Lipinski definition) is 1. The van der Waals surface area contributed by atoms with Crippen LogP contribution in [0.15, 0.2) is 84.3 Å². The number of halogens is 1. The molecule has 0 radical (unpaired) electrons. The normalized spacial score (nSPS) is 10.7. The summed E-state index contributed by atoms with van der Waals surface area (Å²) < 4.78 is 15.3. The van der Waals surface area contributed by atoms with Crippen molar-refractivity contribution in [1.82, 2.24) is 19.7 Å². The fourth-order valence-electron chi connectivity index (χ4n) is 2.91. The number of thioether (sulfide) groups is 1. The molecule has 2 aromatic heterocycles. The zero-order valence-corrected chi connectivity index (χ0v) is 16.7. The molecule has 0 fully saturated rings. The molecule has 0 unspecified atom stereocenters. The van der Waals surface area contributed by atoms with Gasteiger partial charge in [0.2, 0.25) is 5.91 Å². The number of pyridine rings is 1. The minimum Gasteiger partial charge on any atom is -0.325 e. The quantitative estimate of drug-likeness (QED) is 0.453. The van der Waals surface area contributed by atoms with Crippen molar-refractivity contribution in [2.24, 2.45) is 0 Å². The first-order valence-corrected chi connectivity index (χ1v) is 10.2. The van der Waals surface area contributed by atoms with Crippen molar-refractivity contribution >= 4 is 23.4 Å². The molecule has 0 saturated heterocycles. The van der Waals surface area contributed by atoms with Gasteiger partial charge in [0.25, 0.3) is 0 Å². The molecule has 1 amide bonds. The predicted molar refractivity (Wildman–Crippen MR) is 115 cm³/mol. The average molecular weight is 419 g/mol. The van der Waals surface area contributed by atoms with Crippen LogP contribution >= 0.6 is 11.8 Å². The molecular formula is C22H18FN5OS. The van der Waals surface area contributed by atoms with Crippen molar-refractivity contribution < 1.29 is 9.18 Å². The number of nitrogens with one attached hydrogen (secondary N) is 1. The molecule has 0 saturated carbocycles. The largest absolute Gasteiger partial charge is 0.325 e. The molecule has 0 spiro atoms. The lowest BCUT2D eigenvalue weighted by atomic mass is 10.2. The molecule has 150 valence electrons. The lowest BCUT2D eigenvalue weighted by Crippen LogP contribution is -2.15. The predicted octanol–water partition coefficient (Wildman–Crippen LogP) is 4.26. The van der Waals surface area contributed by atoms with E-state index in [1.54, 1.807) is 24.5 Å². The Bertz CT molecular complexity index is 1130. The van der Waals surface area contributed by atoms with Crippen LogP contribution in [0.3, 0.4) is 0 Å². The van der Waals surface area contributed by atoms with Crippen molar-refractivity contribution in [2.45, 2.75) is 11.7 Å². The first-order valence-electron chi connectivity index (χ1n) is 9.25. The fraction of sp³-hybridized carbons (Fsp3) is 0.0909. The van der Waals surface area contributed by atoms with E-state index in [-0.39, 0.29) is 11.7 Å². The summed E-state index contributed by atoms with van der Waals surface area (Å²) in [5.74, 6) is 0.156. The van der Waals surface area contributed by atoms with E-state index >= 15 is 0 Å². The third-order valence-corrected chi connectivity index (χ3v) is 5.23. The van der Waals surface area contributed by atoms with Crippen molar-refractivity contribution in [3.63, 3.8) is 0 Å². The maximum absolute atomic E-state index is 13.3. The number of nitrogens with zero attached hydrogens (tertiary/aromatic N) is 4. The summed E-state index contributed by atoms with van der Waals surface area (Å²) in [6.45, 7) is 0.561. The molecule has 0 bridgehead atoms. The van der Waals surface area contributed by atoms with E-state index in [1.807, 2.05) is 47.0 Å². The van der Waals surface area contributed by atoms with Crippen molar-refractivity contribution in [2.75, 3.05) is 11.1 Å². The molecule has 30 heavy (non-hydrogen) atoms. The van der Waals surface area contributed by atoms with Crippen LogP contribution in [0.1, 0.15) is 5.56 Å². The second-order valence-corrected chi connectivity index (χ2v) is 7.41. The zero-order valence-electron chi connectivity index (χ0n) is 15.9. The number of carbonyl (C=O) groups is 1. The second kappa shape index (κ2) is 9.32. The van der Waals surface area contributed by atoms with Gasteiger partial charge in [-0.05, 0) is 35.9 Å². The molecule has 2 heterocycles. The van der Waals surface area contributed by atoms with Gasteiger partial charge in [-0.15, -0.1) is 10.2 Å². The van der Waals surface area contributed by atoms with E-state index in [1.165, 1.54) is 23.9 Å². The second-order valence-electron chi connectivity index (χ2n) is 6.47. The van der Waals surface area contributed by atoms with Gasteiger partial charge in [0.15, 0.2) is 11.0 Å². The molecule has 4 aromatic rings. The van der Waals surface area contributed by atoms with Gasteiger partial charge in [-0.3, -0.25) is 14.3 Å². The molecule has 0 aliphatic rings. The number of anilines is 1. The lowest BCUT2D eigenvalue weighted by Gasteiger charge is -2.10. The van der Waals surface area contributed by atoms with Gasteiger partial charge in [0, 0.05) is 23.6 Å². The van der Waals surface area contributed by atoms with Crippen LogP contribution in [0.4, 0.5) is 10.1 Å². The van der Waals surface area contributed by atoms with Gasteiger partial charge in [-0.25, -0.2) is 4.39 Å². The number of hydrogen-bond acceptors (Lipinski definition) is 5. The van der Waals surface area contributed by atoms with Crippen molar-refractivity contribution in [3.8, 4) is 11.4 Å².